The number of rotatable bonds is 14. The molecule has 1 N–H and O–H groups in total. The van der Waals surface area contributed by atoms with Crippen LogP contribution in [0.2, 0.25) is 0 Å². The van der Waals surface area contributed by atoms with E-state index >= 15 is 0 Å². The Balaban J connectivity index is 1.76. The van der Waals surface area contributed by atoms with Crippen molar-refractivity contribution in [3.05, 3.63) is 77.5 Å². The zero-order valence-corrected chi connectivity index (χ0v) is 22.9. The first-order chi connectivity index (χ1) is 18.8. The van der Waals surface area contributed by atoms with E-state index in [1.165, 1.54) is 23.1 Å². The third-order valence-corrected chi connectivity index (χ3v) is 6.08. The Kier molecular flexibility index (Phi) is 11.2. The molecule has 0 saturated heterocycles. The summed E-state index contributed by atoms with van der Waals surface area (Å²) in [7, 11) is 4.72. The number of carbonyl (C=O) groups is 2. The van der Waals surface area contributed by atoms with Crippen molar-refractivity contribution in [3.8, 4) is 11.5 Å². The molecule has 0 fully saturated rings. The molecule has 0 unspecified atom stereocenters. The maximum atomic E-state index is 13.6. The molecule has 10 heteroatoms. The Labute approximate surface area is 228 Å². The van der Waals surface area contributed by atoms with Gasteiger partial charge < -0.3 is 33.7 Å². The van der Waals surface area contributed by atoms with Crippen molar-refractivity contribution >= 4 is 17.6 Å². The summed E-state index contributed by atoms with van der Waals surface area (Å²) in [6.07, 6.45) is 1.08. The van der Waals surface area contributed by atoms with Gasteiger partial charge in [-0.15, -0.1) is 0 Å². The Bertz CT molecular complexity index is 1230. The van der Waals surface area contributed by atoms with Gasteiger partial charge in [-0.1, -0.05) is 12.1 Å². The normalized spacial score (nSPS) is 10.7. The minimum Gasteiger partial charge on any atom is -0.493 e. The highest BCUT2D eigenvalue weighted by Gasteiger charge is 2.23. The molecule has 0 aliphatic heterocycles. The van der Waals surface area contributed by atoms with Crippen molar-refractivity contribution in [1.82, 2.24) is 9.80 Å². The molecule has 210 valence electrons. The van der Waals surface area contributed by atoms with Gasteiger partial charge >= 0.3 is 6.03 Å². The minimum absolute atomic E-state index is 0.170. The van der Waals surface area contributed by atoms with Gasteiger partial charge in [0.2, 0.25) is 5.91 Å². The Morgan fingerprint density at radius 3 is 2.41 bits per heavy atom. The van der Waals surface area contributed by atoms with E-state index in [1.54, 1.807) is 32.3 Å². The van der Waals surface area contributed by atoms with Crippen LogP contribution in [0.3, 0.4) is 0 Å². The number of anilines is 1. The number of furan rings is 1. The lowest BCUT2D eigenvalue weighted by Gasteiger charge is -2.27. The Morgan fingerprint density at radius 2 is 1.74 bits per heavy atom. The molecule has 0 saturated carbocycles. The number of ether oxygens (including phenoxy) is 3. The second-order valence-corrected chi connectivity index (χ2v) is 8.98. The zero-order valence-electron chi connectivity index (χ0n) is 22.9. The number of halogens is 1. The molecule has 3 amide bonds. The van der Waals surface area contributed by atoms with Crippen LogP contribution < -0.4 is 14.8 Å². The van der Waals surface area contributed by atoms with Gasteiger partial charge in [-0.05, 0) is 67.8 Å². The van der Waals surface area contributed by atoms with E-state index in [0.29, 0.717) is 48.9 Å². The number of carbonyl (C=O) groups excluding carboxylic acids is 2. The van der Waals surface area contributed by atoms with Gasteiger partial charge in [0, 0.05) is 32.5 Å². The Hall–Kier alpha value is -4.05. The fourth-order valence-corrected chi connectivity index (χ4v) is 4.03. The van der Waals surface area contributed by atoms with Crippen molar-refractivity contribution in [2.24, 2.45) is 0 Å². The van der Waals surface area contributed by atoms with E-state index in [9.17, 15) is 14.0 Å². The molecule has 39 heavy (non-hydrogen) atoms. The highest BCUT2D eigenvalue weighted by atomic mass is 19.1. The molecular formula is C29H36FN3O6. The van der Waals surface area contributed by atoms with Crippen molar-refractivity contribution in [2.45, 2.75) is 26.3 Å². The van der Waals surface area contributed by atoms with Crippen LogP contribution >= 0.6 is 0 Å². The van der Waals surface area contributed by atoms with Gasteiger partial charge in [0.1, 0.15) is 23.9 Å². The number of hydrogen-bond donors (Lipinski definition) is 1. The summed E-state index contributed by atoms with van der Waals surface area (Å²) in [5.41, 5.74) is 1.27. The molecule has 1 aromatic heterocycles. The maximum absolute atomic E-state index is 13.6. The third kappa shape index (κ3) is 9.03. The van der Waals surface area contributed by atoms with Crippen LogP contribution in [-0.4, -0.2) is 69.3 Å². The predicted octanol–water partition coefficient (Wildman–Crippen LogP) is 4.89. The van der Waals surface area contributed by atoms with Crippen molar-refractivity contribution in [1.29, 1.82) is 0 Å². The number of amides is 3. The van der Waals surface area contributed by atoms with Crippen LogP contribution in [0.4, 0.5) is 14.9 Å². The lowest BCUT2D eigenvalue weighted by molar-refractivity contribution is -0.132. The summed E-state index contributed by atoms with van der Waals surface area (Å²) >= 11 is 0. The largest absolute Gasteiger partial charge is 0.493 e. The first-order valence-electron chi connectivity index (χ1n) is 12.7. The first kappa shape index (κ1) is 29.5. The van der Waals surface area contributed by atoms with Crippen LogP contribution in [0.5, 0.6) is 11.5 Å². The molecule has 2 aromatic carbocycles. The zero-order chi connectivity index (χ0) is 28.2. The topological polar surface area (TPSA) is 93.5 Å². The number of urea groups is 1. The van der Waals surface area contributed by atoms with Crippen molar-refractivity contribution in [2.75, 3.05) is 52.9 Å². The second kappa shape index (κ2) is 14.8. The monoisotopic (exact) mass is 541 g/mol. The van der Waals surface area contributed by atoms with Gasteiger partial charge in [-0.3, -0.25) is 4.79 Å². The summed E-state index contributed by atoms with van der Waals surface area (Å²) in [5, 5.41) is 2.68. The summed E-state index contributed by atoms with van der Waals surface area (Å²) in [6.45, 7) is 3.00. The number of nitrogens with one attached hydrogen (secondary N) is 1. The van der Waals surface area contributed by atoms with Gasteiger partial charge in [0.15, 0.2) is 11.5 Å². The van der Waals surface area contributed by atoms with E-state index < -0.39 is 11.8 Å². The third-order valence-electron chi connectivity index (χ3n) is 6.08. The summed E-state index contributed by atoms with van der Waals surface area (Å²) in [5.74, 6) is 1.89. The van der Waals surface area contributed by atoms with Gasteiger partial charge in [0.05, 0.1) is 20.8 Å². The van der Waals surface area contributed by atoms with E-state index in [0.717, 1.165) is 11.3 Å². The number of aryl methyl sites for hydroxylation is 1. The van der Waals surface area contributed by atoms with Crippen LogP contribution in [0.15, 0.2) is 59.0 Å². The van der Waals surface area contributed by atoms with Crippen LogP contribution in [0, 0.1) is 12.7 Å². The average molecular weight is 542 g/mol. The highest BCUT2D eigenvalue weighted by molar-refractivity contribution is 5.92. The minimum atomic E-state index is -0.501. The van der Waals surface area contributed by atoms with Gasteiger partial charge in [-0.2, -0.15) is 0 Å². The van der Waals surface area contributed by atoms with Crippen LogP contribution in [0.1, 0.15) is 23.5 Å². The molecular weight excluding hydrogens is 505 g/mol. The number of hydrogen-bond acceptors (Lipinski definition) is 6. The molecule has 3 aromatic rings. The van der Waals surface area contributed by atoms with Crippen LogP contribution in [0.25, 0.3) is 0 Å². The fraction of sp³-hybridized carbons (Fsp3) is 0.379. The molecule has 0 bridgehead atoms. The quantitative estimate of drug-likeness (QED) is 0.292. The van der Waals surface area contributed by atoms with E-state index in [-0.39, 0.29) is 25.5 Å². The van der Waals surface area contributed by atoms with E-state index in [4.69, 9.17) is 18.6 Å². The second-order valence-electron chi connectivity index (χ2n) is 8.98. The average Bonchev–Trinajstić information content (AvgIpc) is 3.34. The first-order valence-corrected chi connectivity index (χ1v) is 12.7. The molecule has 0 radical (unpaired) electrons. The smallest absolute Gasteiger partial charge is 0.322 e. The molecule has 0 atom stereocenters. The molecule has 3 rings (SSSR count). The van der Waals surface area contributed by atoms with E-state index in [2.05, 4.69) is 5.32 Å². The lowest BCUT2D eigenvalue weighted by Crippen LogP contribution is -2.45. The summed E-state index contributed by atoms with van der Waals surface area (Å²) in [6, 6.07) is 14.4. The summed E-state index contributed by atoms with van der Waals surface area (Å²) in [4.78, 5) is 29.7. The fourth-order valence-electron chi connectivity index (χ4n) is 4.03. The number of methoxy groups -OCH3 is 3. The number of nitrogens with zero attached hydrogens (tertiary/aromatic N) is 2. The number of benzene rings is 2. The molecule has 0 aliphatic rings. The Morgan fingerprint density at radius 1 is 0.949 bits per heavy atom. The predicted molar refractivity (Wildman–Crippen MR) is 146 cm³/mol. The van der Waals surface area contributed by atoms with Crippen LogP contribution in [-0.2, 0) is 22.5 Å². The molecule has 0 spiro atoms. The van der Waals surface area contributed by atoms with Crippen molar-refractivity contribution < 1.29 is 32.6 Å². The maximum Gasteiger partial charge on any atom is 0.322 e. The molecule has 1 heterocycles. The molecule has 9 nitrogen and oxygen atoms in total. The van der Waals surface area contributed by atoms with Gasteiger partial charge in [-0.25, -0.2) is 9.18 Å². The highest BCUT2D eigenvalue weighted by Crippen LogP contribution is 2.28. The standard InChI is InChI=1S/C29H36FN3O6/c1-21-9-11-25(39-21)19-32(15-13-22-10-12-26(37-3)27(17-22)38-4)28(34)20-33(14-6-16-36-2)29(35)31-24-8-5-7-23(30)18-24/h5,7-12,17-18H,6,13-16,19-20H2,1-4H3,(H,31,35). The SMILES string of the molecule is COCCCN(CC(=O)N(CCc1ccc(OC)c(OC)c1)Cc1ccc(C)o1)C(=O)Nc1cccc(F)c1. The van der Waals surface area contributed by atoms with Gasteiger partial charge in [0.25, 0.3) is 0 Å². The molecule has 0 aliphatic carbocycles. The van der Waals surface area contributed by atoms with Crippen molar-refractivity contribution in [3.63, 3.8) is 0 Å². The lowest BCUT2D eigenvalue weighted by atomic mass is 10.1. The van der Waals surface area contributed by atoms with E-state index in [1.807, 2.05) is 37.3 Å². The summed E-state index contributed by atoms with van der Waals surface area (Å²) < 4.78 is 35.2.